The molecule has 0 aromatic heterocycles. The molecule has 2 rings (SSSR count). The standard InChI is InChI=1S/C18H22ClNO2/c1-3-22-16-7-4-13(5-8-16)10-15(12-20)14-6-9-18(21-2)17(19)11-14/h4-9,11,15H,3,10,12,20H2,1-2H3. The number of methoxy groups -OCH3 is 1. The highest BCUT2D eigenvalue weighted by molar-refractivity contribution is 6.32. The quantitative estimate of drug-likeness (QED) is 0.838. The zero-order valence-electron chi connectivity index (χ0n) is 13.0. The van der Waals surface area contributed by atoms with Crippen molar-refractivity contribution in [3.63, 3.8) is 0 Å². The summed E-state index contributed by atoms with van der Waals surface area (Å²) < 4.78 is 10.7. The Kier molecular flexibility index (Phi) is 6.10. The molecule has 2 aromatic rings. The zero-order valence-corrected chi connectivity index (χ0v) is 13.8. The molecule has 4 heteroatoms. The minimum atomic E-state index is 0.223. The first-order valence-electron chi connectivity index (χ1n) is 7.43. The molecule has 0 bridgehead atoms. The van der Waals surface area contributed by atoms with Crippen LogP contribution in [0.1, 0.15) is 24.0 Å². The third-order valence-corrected chi connectivity index (χ3v) is 3.94. The fraction of sp³-hybridized carbons (Fsp3) is 0.333. The summed E-state index contributed by atoms with van der Waals surface area (Å²) in [6.45, 7) is 3.22. The Bertz CT molecular complexity index is 599. The smallest absolute Gasteiger partial charge is 0.137 e. The number of ether oxygens (including phenoxy) is 2. The molecule has 1 atom stereocenters. The van der Waals surface area contributed by atoms with Gasteiger partial charge in [-0.2, -0.15) is 0 Å². The molecule has 0 heterocycles. The lowest BCUT2D eigenvalue weighted by molar-refractivity contribution is 0.340. The lowest BCUT2D eigenvalue weighted by Gasteiger charge is -2.17. The number of halogens is 1. The number of nitrogens with two attached hydrogens (primary N) is 1. The number of hydrogen-bond donors (Lipinski definition) is 1. The fourth-order valence-electron chi connectivity index (χ4n) is 2.45. The van der Waals surface area contributed by atoms with E-state index in [2.05, 4.69) is 12.1 Å². The normalized spacial score (nSPS) is 12.0. The monoisotopic (exact) mass is 319 g/mol. The third kappa shape index (κ3) is 4.15. The van der Waals surface area contributed by atoms with Gasteiger partial charge >= 0.3 is 0 Å². The van der Waals surface area contributed by atoms with Crippen LogP contribution < -0.4 is 15.2 Å². The van der Waals surface area contributed by atoms with Gasteiger partial charge in [-0.05, 0) is 55.3 Å². The van der Waals surface area contributed by atoms with Gasteiger partial charge in [0.2, 0.25) is 0 Å². The number of benzene rings is 2. The molecular weight excluding hydrogens is 298 g/mol. The molecular formula is C18H22ClNO2. The first-order chi connectivity index (χ1) is 10.7. The predicted molar refractivity (Wildman–Crippen MR) is 91.1 cm³/mol. The summed E-state index contributed by atoms with van der Waals surface area (Å²) >= 11 is 6.21. The van der Waals surface area contributed by atoms with Crippen molar-refractivity contribution in [1.29, 1.82) is 0 Å². The summed E-state index contributed by atoms with van der Waals surface area (Å²) in [5.74, 6) is 1.80. The largest absolute Gasteiger partial charge is 0.495 e. The first kappa shape index (κ1) is 16.7. The molecule has 0 aliphatic heterocycles. The SMILES string of the molecule is CCOc1ccc(CC(CN)c2ccc(OC)c(Cl)c2)cc1. The van der Waals surface area contributed by atoms with E-state index in [1.807, 2.05) is 37.3 Å². The van der Waals surface area contributed by atoms with Gasteiger partial charge in [0.15, 0.2) is 0 Å². The average molecular weight is 320 g/mol. The van der Waals surface area contributed by atoms with Crippen molar-refractivity contribution >= 4 is 11.6 Å². The molecule has 2 N–H and O–H groups in total. The third-order valence-electron chi connectivity index (χ3n) is 3.65. The average Bonchev–Trinajstić information content (AvgIpc) is 2.54. The van der Waals surface area contributed by atoms with Crippen molar-refractivity contribution in [2.45, 2.75) is 19.3 Å². The molecule has 22 heavy (non-hydrogen) atoms. The summed E-state index contributed by atoms with van der Waals surface area (Å²) in [7, 11) is 1.61. The van der Waals surface area contributed by atoms with Crippen LogP contribution in [0.15, 0.2) is 42.5 Å². The van der Waals surface area contributed by atoms with Gasteiger partial charge in [-0.15, -0.1) is 0 Å². The molecule has 118 valence electrons. The molecule has 0 amide bonds. The molecule has 2 aromatic carbocycles. The van der Waals surface area contributed by atoms with Crippen molar-refractivity contribution in [1.82, 2.24) is 0 Å². The van der Waals surface area contributed by atoms with Gasteiger partial charge in [0.1, 0.15) is 11.5 Å². The van der Waals surface area contributed by atoms with Crippen LogP contribution >= 0.6 is 11.6 Å². The Hall–Kier alpha value is -1.71. The molecule has 0 saturated heterocycles. The van der Waals surface area contributed by atoms with Crippen LogP contribution in [-0.4, -0.2) is 20.3 Å². The molecule has 1 unspecified atom stereocenters. The van der Waals surface area contributed by atoms with Gasteiger partial charge in [-0.25, -0.2) is 0 Å². The van der Waals surface area contributed by atoms with E-state index in [9.17, 15) is 0 Å². The second-order valence-corrected chi connectivity index (χ2v) is 5.51. The molecule has 0 aliphatic rings. The van der Waals surface area contributed by atoms with Crippen molar-refractivity contribution in [3.8, 4) is 11.5 Å². The van der Waals surface area contributed by atoms with E-state index in [-0.39, 0.29) is 5.92 Å². The Morgan fingerprint density at radius 2 is 1.86 bits per heavy atom. The van der Waals surface area contributed by atoms with Crippen molar-refractivity contribution < 1.29 is 9.47 Å². The van der Waals surface area contributed by atoms with E-state index in [0.717, 1.165) is 17.7 Å². The molecule has 0 fully saturated rings. The van der Waals surface area contributed by atoms with E-state index < -0.39 is 0 Å². The summed E-state index contributed by atoms with van der Waals surface area (Å²) in [4.78, 5) is 0. The maximum Gasteiger partial charge on any atom is 0.137 e. The van der Waals surface area contributed by atoms with Gasteiger partial charge in [0.25, 0.3) is 0 Å². The van der Waals surface area contributed by atoms with Gasteiger partial charge in [-0.3, -0.25) is 0 Å². The van der Waals surface area contributed by atoms with Crippen LogP contribution in [0.5, 0.6) is 11.5 Å². The lowest BCUT2D eigenvalue weighted by atomic mass is 9.92. The van der Waals surface area contributed by atoms with E-state index in [4.69, 9.17) is 26.8 Å². The van der Waals surface area contributed by atoms with E-state index in [0.29, 0.717) is 23.9 Å². The van der Waals surface area contributed by atoms with Crippen LogP contribution in [-0.2, 0) is 6.42 Å². The second-order valence-electron chi connectivity index (χ2n) is 5.11. The van der Waals surface area contributed by atoms with Gasteiger partial charge < -0.3 is 15.2 Å². The van der Waals surface area contributed by atoms with Gasteiger partial charge in [-0.1, -0.05) is 29.8 Å². The zero-order chi connectivity index (χ0) is 15.9. The second kappa shape index (κ2) is 8.06. The first-order valence-corrected chi connectivity index (χ1v) is 7.81. The van der Waals surface area contributed by atoms with Crippen LogP contribution in [0, 0.1) is 0 Å². The fourth-order valence-corrected chi connectivity index (χ4v) is 2.71. The molecule has 0 saturated carbocycles. The van der Waals surface area contributed by atoms with Crippen LogP contribution in [0.2, 0.25) is 5.02 Å². The molecule has 0 aliphatic carbocycles. The minimum absolute atomic E-state index is 0.223. The van der Waals surface area contributed by atoms with E-state index >= 15 is 0 Å². The lowest BCUT2D eigenvalue weighted by Crippen LogP contribution is -2.15. The number of rotatable bonds is 7. The Labute approximate surface area is 137 Å². The maximum absolute atomic E-state index is 6.21. The van der Waals surface area contributed by atoms with Gasteiger partial charge in [0.05, 0.1) is 18.7 Å². The molecule has 0 radical (unpaired) electrons. The van der Waals surface area contributed by atoms with Crippen LogP contribution in [0.25, 0.3) is 0 Å². The minimum Gasteiger partial charge on any atom is -0.495 e. The Balaban J connectivity index is 2.13. The van der Waals surface area contributed by atoms with Gasteiger partial charge in [0, 0.05) is 5.92 Å². The summed E-state index contributed by atoms with van der Waals surface area (Å²) in [5.41, 5.74) is 8.31. The Morgan fingerprint density at radius 3 is 2.41 bits per heavy atom. The number of hydrogen-bond acceptors (Lipinski definition) is 3. The summed E-state index contributed by atoms with van der Waals surface area (Å²) in [6, 6.07) is 14.0. The van der Waals surface area contributed by atoms with Crippen molar-refractivity contribution in [2.75, 3.05) is 20.3 Å². The van der Waals surface area contributed by atoms with Crippen molar-refractivity contribution in [2.24, 2.45) is 5.73 Å². The van der Waals surface area contributed by atoms with Crippen LogP contribution in [0.4, 0.5) is 0 Å². The van der Waals surface area contributed by atoms with E-state index in [1.54, 1.807) is 7.11 Å². The summed E-state index contributed by atoms with van der Waals surface area (Å²) in [5, 5.41) is 0.616. The predicted octanol–water partition coefficient (Wildman–Crippen LogP) is 4.03. The molecule has 3 nitrogen and oxygen atoms in total. The molecule has 0 spiro atoms. The van der Waals surface area contributed by atoms with E-state index in [1.165, 1.54) is 5.56 Å². The summed E-state index contributed by atoms with van der Waals surface area (Å²) in [6.07, 6.45) is 0.867. The highest BCUT2D eigenvalue weighted by Gasteiger charge is 2.13. The van der Waals surface area contributed by atoms with Crippen molar-refractivity contribution in [3.05, 3.63) is 58.6 Å². The van der Waals surface area contributed by atoms with Crippen LogP contribution in [0.3, 0.4) is 0 Å². The maximum atomic E-state index is 6.21. The topological polar surface area (TPSA) is 44.5 Å². The highest BCUT2D eigenvalue weighted by atomic mass is 35.5. The highest BCUT2D eigenvalue weighted by Crippen LogP contribution is 2.29. The Morgan fingerprint density at radius 1 is 1.14 bits per heavy atom.